The fourth-order valence-electron chi connectivity index (χ4n) is 3.00. The topological polar surface area (TPSA) is 24.5 Å². The van der Waals surface area contributed by atoms with Crippen LogP contribution in [0.5, 0.6) is 0 Å². The van der Waals surface area contributed by atoms with E-state index in [1.165, 1.54) is 31.5 Å². The second-order valence-corrected chi connectivity index (χ2v) is 5.89. The number of rotatable bonds is 8. The van der Waals surface area contributed by atoms with Gasteiger partial charge in [0.25, 0.3) is 0 Å². The average Bonchev–Trinajstić information content (AvgIpc) is 2.99. The number of hydrogen-bond acceptors (Lipinski definition) is 3. The van der Waals surface area contributed by atoms with Crippen LogP contribution in [0.2, 0.25) is 0 Å². The van der Waals surface area contributed by atoms with E-state index in [1.54, 1.807) is 7.11 Å². The number of ether oxygens (including phenoxy) is 1. The van der Waals surface area contributed by atoms with E-state index >= 15 is 0 Å². The second kappa shape index (κ2) is 8.40. The van der Waals surface area contributed by atoms with E-state index in [0.29, 0.717) is 12.0 Å². The van der Waals surface area contributed by atoms with E-state index in [1.807, 2.05) is 0 Å². The van der Waals surface area contributed by atoms with Crippen LogP contribution in [0.3, 0.4) is 0 Å². The molecule has 0 saturated carbocycles. The number of methoxy groups -OCH3 is 1. The Labute approximate surface area is 123 Å². The third kappa shape index (κ3) is 4.58. The molecule has 1 saturated heterocycles. The SMILES string of the molecule is COCC(C)CNCC(c1ccccc1)N1CCCC1. The summed E-state index contributed by atoms with van der Waals surface area (Å²) in [5.41, 5.74) is 1.43. The Morgan fingerprint density at radius 3 is 2.50 bits per heavy atom. The van der Waals surface area contributed by atoms with Crippen molar-refractivity contribution in [3.05, 3.63) is 35.9 Å². The number of benzene rings is 1. The summed E-state index contributed by atoms with van der Waals surface area (Å²) in [7, 11) is 1.77. The molecule has 20 heavy (non-hydrogen) atoms. The third-order valence-electron chi connectivity index (χ3n) is 4.05. The predicted octanol–water partition coefficient (Wildman–Crippen LogP) is 2.70. The summed E-state index contributed by atoms with van der Waals surface area (Å²) in [6, 6.07) is 11.4. The molecule has 3 heteroatoms. The summed E-state index contributed by atoms with van der Waals surface area (Å²) in [5, 5.41) is 3.62. The minimum absolute atomic E-state index is 0.508. The first-order valence-corrected chi connectivity index (χ1v) is 7.80. The largest absolute Gasteiger partial charge is 0.384 e. The molecule has 1 fully saturated rings. The average molecular weight is 276 g/mol. The van der Waals surface area contributed by atoms with Crippen LogP contribution in [0.4, 0.5) is 0 Å². The van der Waals surface area contributed by atoms with Crippen molar-refractivity contribution in [2.45, 2.75) is 25.8 Å². The summed E-state index contributed by atoms with van der Waals surface area (Å²) < 4.78 is 5.20. The minimum Gasteiger partial charge on any atom is -0.384 e. The molecule has 0 radical (unpaired) electrons. The zero-order valence-electron chi connectivity index (χ0n) is 12.8. The standard InChI is InChI=1S/C17H28N2O/c1-15(14-20-2)12-18-13-17(19-10-6-7-11-19)16-8-4-3-5-9-16/h3-5,8-9,15,17-18H,6-7,10-14H2,1-2H3. The molecule has 1 aliphatic heterocycles. The highest BCUT2D eigenvalue weighted by atomic mass is 16.5. The van der Waals surface area contributed by atoms with Crippen molar-refractivity contribution < 1.29 is 4.74 Å². The number of nitrogens with one attached hydrogen (secondary N) is 1. The van der Waals surface area contributed by atoms with Gasteiger partial charge in [0.2, 0.25) is 0 Å². The Morgan fingerprint density at radius 2 is 1.85 bits per heavy atom. The van der Waals surface area contributed by atoms with E-state index in [2.05, 4.69) is 47.5 Å². The molecule has 1 N–H and O–H groups in total. The van der Waals surface area contributed by atoms with Gasteiger partial charge < -0.3 is 10.1 Å². The van der Waals surface area contributed by atoms with Crippen LogP contribution >= 0.6 is 0 Å². The van der Waals surface area contributed by atoms with Gasteiger partial charge in [0, 0.05) is 26.3 Å². The molecular weight excluding hydrogens is 248 g/mol. The monoisotopic (exact) mass is 276 g/mol. The van der Waals surface area contributed by atoms with Gasteiger partial charge in [-0.2, -0.15) is 0 Å². The summed E-state index contributed by atoms with van der Waals surface area (Å²) >= 11 is 0. The van der Waals surface area contributed by atoms with Gasteiger partial charge >= 0.3 is 0 Å². The lowest BCUT2D eigenvalue weighted by Crippen LogP contribution is -2.36. The van der Waals surface area contributed by atoms with Crippen molar-refractivity contribution >= 4 is 0 Å². The van der Waals surface area contributed by atoms with Crippen molar-refractivity contribution in [3.63, 3.8) is 0 Å². The van der Waals surface area contributed by atoms with Gasteiger partial charge in [-0.3, -0.25) is 4.90 Å². The molecule has 0 bridgehead atoms. The summed E-state index contributed by atoms with van der Waals surface area (Å²) in [4.78, 5) is 2.61. The Kier molecular flexibility index (Phi) is 6.51. The van der Waals surface area contributed by atoms with E-state index < -0.39 is 0 Å². The van der Waals surface area contributed by atoms with E-state index in [0.717, 1.165) is 19.7 Å². The predicted molar refractivity (Wildman–Crippen MR) is 83.9 cm³/mol. The lowest BCUT2D eigenvalue weighted by atomic mass is 10.1. The van der Waals surface area contributed by atoms with Crippen LogP contribution in [0.25, 0.3) is 0 Å². The van der Waals surface area contributed by atoms with Crippen molar-refractivity contribution in [2.75, 3.05) is 39.9 Å². The van der Waals surface area contributed by atoms with Gasteiger partial charge in [-0.1, -0.05) is 37.3 Å². The Hall–Kier alpha value is -0.900. The highest BCUT2D eigenvalue weighted by molar-refractivity contribution is 5.19. The van der Waals surface area contributed by atoms with Crippen LogP contribution < -0.4 is 5.32 Å². The normalized spacial score (nSPS) is 19.1. The third-order valence-corrected chi connectivity index (χ3v) is 4.05. The Balaban J connectivity index is 1.90. The van der Waals surface area contributed by atoms with Crippen LogP contribution in [0.1, 0.15) is 31.4 Å². The fourth-order valence-corrected chi connectivity index (χ4v) is 3.00. The number of likely N-dealkylation sites (tertiary alicyclic amines) is 1. The molecule has 1 heterocycles. The molecule has 2 atom stereocenters. The van der Waals surface area contributed by atoms with Crippen LogP contribution in [0, 0.1) is 5.92 Å². The van der Waals surface area contributed by atoms with Gasteiger partial charge in [-0.15, -0.1) is 0 Å². The molecule has 3 nitrogen and oxygen atoms in total. The molecular formula is C17H28N2O. The van der Waals surface area contributed by atoms with Gasteiger partial charge in [0.05, 0.1) is 0 Å². The summed E-state index contributed by atoms with van der Waals surface area (Å²) in [6.07, 6.45) is 2.67. The maximum absolute atomic E-state index is 5.20. The van der Waals surface area contributed by atoms with Gasteiger partial charge in [0.15, 0.2) is 0 Å². The van der Waals surface area contributed by atoms with Gasteiger partial charge in [0.1, 0.15) is 0 Å². The van der Waals surface area contributed by atoms with Crippen LogP contribution in [0.15, 0.2) is 30.3 Å². The first-order valence-electron chi connectivity index (χ1n) is 7.80. The van der Waals surface area contributed by atoms with E-state index in [4.69, 9.17) is 4.74 Å². The molecule has 0 amide bonds. The minimum atomic E-state index is 0.508. The zero-order valence-corrected chi connectivity index (χ0v) is 12.8. The zero-order chi connectivity index (χ0) is 14.2. The smallest absolute Gasteiger partial charge is 0.0499 e. The van der Waals surface area contributed by atoms with Crippen LogP contribution in [-0.2, 0) is 4.74 Å². The van der Waals surface area contributed by atoms with Crippen molar-refractivity contribution in [1.29, 1.82) is 0 Å². The maximum atomic E-state index is 5.20. The first-order chi connectivity index (χ1) is 9.81. The highest BCUT2D eigenvalue weighted by Crippen LogP contribution is 2.24. The summed E-state index contributed by atoms with van der Waals surface area (Å²) in [5.74, 6) is 0.565. The molecule has 0 aliphatic carbocycles. The fraction of sp³-hybridized carbons (Fsp3) is 0.647. The molecule has 2 rings (SSSR count). The second-order valence-electron chi connectivity index (χ2n) is 5.89. The quantitative estimate of drug-likeness (QED) is 0.790. The van der Waals surface area contributed by atoms with Crippen LogP contribution in [-0.4, -0.2) is 44.8 Å². The first kappa shape index (κ1) is 15.5. The Bertz CT molecular complexity index is 363. The molecule has 0 spiro atoms. The summed E-state index contributed by atoms with van der Waals surface area (Å²) in [6.45, 7) is 7.56. The lowest BCUT2D eigenvalue weighted by molar-refractivity contribution is 0.155. The number of nitrogens with zero attached hydrogens (tertiary/aromatic N) is 1. The molecule has 112 valence electrons. The molecule has 1 aromatic rings. The van der Waals surface area contributed by atoms with Crippen molar-refractivity contribution in [3.8, 4) is 0 Å². The van der Waals surface area contributed by atoms with Crippen molar-refractivity contribution in [2.24, 2.45) is 5.92 Å². The van der Waals surface area contributed by atoms with Crippen molar-refractivity contribution in [1.82, 2.24) is 10.2 Å². The van der Waals surface area contributed by atoms with E-state index in [9.17, 15) is 0 Å². The highest BCUT2D eigenvalue weighted by Gasteiger charge is 2.22. The lowest BCUT2D eigenvalue weighted by Gasteiger charge is -2.28. The van der Waals surface area contributed by atoms with E-state index in [-0.39, 0.29) is 0 Å². The molecule has 1 aromatic carbocycles. The number of hydrogen-bond donors (Lipinski definition) is 1. The molecule has 2 unspecified atom stereocenters. The molecule has 1 aliphatic rings. The molecule has 0 aromatic heterocycles. The Morgan fingerprint density at radius 1 is 1.15 bits per heavy atom. The van der Waals surface area contributed by atoms with Gasteiger partial charge in [-0.05, 0) is 44.0 Å². The van der Waals surface area contributed by atoms with Gasteiger partial charge in [-0.25, -0.2) is 0 Å². The maximum Gasteiger partial charge on any atom is 0.0499 e.